The fourth-order valence-corrected chi connectivity index (χ4v) is 3.69. The SMILES string of the molecule is CNC(=O)C1CCCCN1CC(=O)c1ccc(Br)s1. The second kappa shape index (κ2) is 6.63. The Hall–Kier alpha value is -0.720. The summed E-state index contributed by atoms with van der Waals surface area (Å²) in [6, 6.07) is 3.55. The number of carbonyl (C=O) groups is 2. The van der Waals surface area contributed by atoms with Crippen LogP contribution in [0.25, 0.3) is 0 Å². The van der Waals surface area contributed by atoms with Crippen molar-refractivity contribution in [2.45, 2.75) is 25.3 Å². The standard InChI is InChI=1S/C13H17BrN2O2S/c1-15-13(18)9-4-2-3-7-16(9)8-10(17)11-5-6-12(14)19-11/h5-6,9H,2-4,7-8H2,1H3,(H,15,18). The topological polar surface area (TPSA) is 49.4 Å². The molecule has 1 aromatic rings. The van der Waals surface area contributed by atoms with Gasteiger partial charge < -0.3 is 5.32 Å². The summed E-state index contributed by atoms with van der Waals surface area (Å²) in [6.07, 6.45) is 2.93. The molecular weight excluding hydrogens is 328 g/mol. The summed E-state index contributed by atoms with van der Waals surface area (Å²) in [5, 5.41) is 2.68. The largest absolute Gasteiger partial charge is 0.358 e. The van der Waals surface area contributed by atoms with Crippen LogP contribution in [-0.4, -0.2) is 42.8 Å². The molecule has 1 aliphatic heterocycles. The molecule has 1 atom stereocenters. The van der Waals surface area contributed by atoms with Crippen molar-refractivity contribution in [3.63, 3.8) is 0 Å². The van der Waals surface area contributed by atoms with E-state index < -0.39 is 0 Å². The van der Waals surface area contributed by atoms with Crippen molar-refractivity contribution in [2.75, 3.05) is 20.1 Å². The third kappa shape index (κ3) is 3.64. The van der Waals surface area contributed by atoms with Crippen molar-refractivity contribution in [3.05, 3.63) is 20.8 Å². The number of likely N-dealkylation sites (N-methyl/N-ethyl adjacent to an activating group) is 1. The zero-order chi connectivity index (χ0) is 13.8. The molecule has 2 heterocycles. The summed E-state index contributed by atoms with van der Waals surface area (Å²) in [4.78, 5) is 26.8. The molecule has 0 saturated carbocycles. The number of ketones is 1. The van der Waals surface area contributed by atoms with Crippen LogP contribution >= 0.6 is 27.3 Å². The Morgan fingerprint density at radius 2 is 2.26 bits per heavy atom. The van der Waals surface area contributed by atoms with Crippen LogP contribution in [0, 0.1) is 0 Å². The molecular formula is C13H17BrN2O2S. The highest BCUT2D eigenvalue weighted by Crippen LogP contribution is 2.24. The lowest BCUT2D eigenvalue weighted by Gasteiger charge is -2.33. The van der Waals surface area contributed by atoms with Crippen molar-refractivity contribution < 1.29 is 9.59 Å². The third-order valence-electron chi connectivity index (χ3n) is 3.36. The van der Waals surface area contributed by atoms with E-state index in [0.717, 1.165) is 34.5 Å². The van der Waals surface area contributed by atoms with Crippen molar-refractivity contribution in [1.29, 1.82) is 0 Å². The minimum Gasteiger partial charge on any atom is -0.358 e. The number of nitrogens with one attached hydrogen (secondary N) is 1. The van der Waals surface area contributed by atoms with Crippen LogP contribution in [-0.2, 0) is 4.79 Å². The highest BCUT2D eigenvalue weighted by Gasteiger charge is 2.29. The number of thiophene rings is 1. The van der Waals surface area contributed by atoms with E-state index in [1.165, 1.54) is 11.3 Å². The number of nitrogens with zero attached hydrogens (tertiary/aromatic N) is 1. The molecule has 1 fully saturated rings. The molecule has 0 spiro atoms. The van der Waals surface area contributed by atoms with E-state index in [0.29, 0.717) is 6.54 Å². The Bertz CT molecular complexity index is 475. The van der Waals surface area contributed by atoms with Gasteiger partial charge in [0.25, 0.3) is 0 Å². The van der Waals surface area contributed by atoms with Gasteiger partial charge in [-0.15, -0.1) is 11.3 Å². The maximum atomic E-state index is 12.2. The molecule has 1 aromatic heterocycles. The number of carbonyl (C=O) groups excluding carboxylic acids is 2. The summed E-state index contributed by atoms with van der Waals surface area (Å²) in [7, 11) is 1.65. The number of hydrogen-bond donors (Lipinski definition) is 1. The van der Waals surface area contributed by atoms with Gasteiger partial charge in [-0.2, -0.15) is 0 Å². The molecule has 0 bridgehead atoms. The van der Waals surface area contributed by atoms with Crippen LogP contribution in [0.2, 0.25) is 0 Å². The van der Waals surface area contributed by atoms with Gasteiger partial charge in [0.2, 0.25) is 5.91 Å². The zero-order valence-corrected chi connectivity index (χ0v) is 13.2. The van der Waals surface area contributed by atoms with Gasteiger partial charge >= 0.3 is 0 Å². The number of amides is 1. The van der Waals surface area contributed by atoms with Gasteiger partial charge in [0, 0.05) is 7.05 Å². The number of Topliss-reactive ketones (excluding diaryl/α,β-unsaturated/α-hetero) is 1. The van der Waals surface area contributed by atoms with Crippen LogP contribution in [0.5, 0.6) is 0 Å². The molecule has 104 valence electrons. The summed E-state index contributed by atoms with van der Waals surface area (Å²) < 4.78 is 0.956. The van der Waals surface area contributed by atoms with Gasteiger partial charge in [-0.3, -0.25) is 14.5 Å². The quantitative estimate of drug-likeness (QED) is 0.852. The van der Waals surface area contributed by atoms with Gasteiger partial charge in [-0.25, -0.2) is 0 Å². The van der Waals surface area contributed by atoms with Crippen LogP contribution < -0.4 is 5.32 Å². The average Bonchev–Trinajstić information content (AvgIpc) is 2.85. The molecule has 0 radical (unpaired) electrons. The Morgan fingerprint density at radius 3 is 2.89 bits per heavy atom. The molecule has 1 aliphatic rings. The Labute approximate surface area is 125 Å². The maximum Gasteiger partial charge on any atom is 0.237 e. The monoisotopic (exact) mass is 344 g/mol. The lowest BCUT2D eigenvalue weighted by atomic mass is 10.0. The van der Waals surface area contributed by atoms with Gasteiger partial charge in [-0.1, -0.05) is 6.42 Å². The van der Waals surface area contributed by atoms with Crippen molar-refractivity contribution >= 4 is 39.0 Å². The molecule has 1 N–H and O–H groups in total. The normalized spacial score (nSPS) is 20.2. The van der Waals surface area contributed by atoms with Crippen molar-refractivity contribution in [1.82, 2.24) is 10.2 Å². The van der Waals surface area contributed by atoms with Gasteiger partial charge in [0.05, 0.1) is 21.3 Å². The lowest BCUT2D eigenvalue weighted by Crippen LogP contribution is -2.50. The molecule has 1 saturated heterocycles. The van der Waals surface area contributed by atoms with Gasteiger partial charge in [0.15, 0.2) is 5.78 Å². The number of likely N-dealkylation sites (tertiary alicyclic amines) is 1. The molecule has 1 unspecified atom stereocenters. The highest BCUT2D eigenvalue weighted by molar-refractivity contribution is 9.11. The molecule has 6 heteroatoms. The van der Waals surface area contributed by atoms with E-state index in [9.17, 15) is 9.59 Å². The third-order valence-corrected chi connectivity index (χ3v) is 5.02. The van der Waals surface area contributed by atoms with Crippen LogP contribution in [0.1, 0.15) is 28.9 Å². The number of rotatable bonds is 4. The first kappa shape index (κ1) is 14.7. The zero-order valence-electron chi connectivity index (χ0n) is 10.8. The first-order valence-electron chi connectivity index (χ1n) is 6.36. The average molecular weight is 345 g/mol. The number of halogens is 1. The van der Waals surface area contributed by atoms with Crippen molar-refractivity contribution in [2.24, 2.45) is 0 Å². The van der Waals surface area contributed by atoms with Crippen molar-refractivity contribution in [3.8, 4) is 0 Å². The molecule has 4 nitrogen and oxygen atoms in total. The first-order chi connectivity index (χ1) is 9.11. The smallest absolute Gasteiger partial charge is 0.237 e. The maximum absolute atomic E-state index is 12.2. The Kier molecular flexibility index (Phi) is 5.13. The Morgan fingerprint density at radius 1 is 1.47 bits per heavy atom. The van der Waals surface area contributed by atoms with E-state index in [1.54, 1.807) is 7.05 Å². The predicted molar refractivity (Wildman–Crippen MR) is 79.6 cm³/mol. The van der Waals surface area contributed by atoms with E-state index in [4.69, 9.17) is 0 Å². The second-order valence-corrected chi connectivity index (χ2v) is 7.09. The minimum atomic E-state index is -0.161. The second-order valence-electron chi connectivity index (χ2n) is 4.62. The molecule has 19 heavy (non-hydrogen) atoms. The van der Waals surface area contributed by atoms with E-state index >= 15 is 0 Å². The summed E-state index contributed by atoms with van der Waals surface area (Å²) in [5.74, 6) is 0.103. The van der Waals surface area contributed by atoms with Crippen LogP contribution in [0.15, 0.2) is 15.9 Å². The number of hydrogen-bond acceptors (Lipinski definition) is 4. The van der Waals surface area contributed by atoms with E-state index in [-0.39, 0.29) is 17.7 Å². The fraction of sp³-hybridized carbons (Fsp3) is 0.538. The van der Waals surface area contributed by atoms with Gasteiger partial charge in [0.1, 0.15) is 0 Å². The van der Waals surface area contributed by atoms with Gasteiger partial charge in [-0.05, 0) is 47.4 Å². The first-order valence-corrected chi connectivity index (χ1v) is 7.97. The lowest BCUT2D eigenvalue weighted by molar-refractivity contribution is -0.126. The summed E-state index contributed by atoms with van der Waals surface area (Å²) in [6.45, 7) is 1.14. The van der Waals surface area contributed by atoms with E-state index in [1.807, 2.05) is 17.0 Å². The molecule has 2 rings (SSSR count). The molecule has 1 amide bonds. The summed E-state index contributed by atoms with van der Waals surface area (Å²) in [5.41, 5.74) is 0. The molecule has 0 aliphatic carbocycles. The van der Waals surface area contributed by atoms with Crippen LogP contribution in [0.4, 0.5) is 0 Å². The minimum absolute atomic E-state index is 0.0138. The summed E-state index contributed by atoms with van der Waals surface area (Å²) >= 11 is 4.80. The molecule has 0 aromatic carbocycles. The number of piperidine rings is 1. The predicted octanol–water partition coefficient (Wildman–Crippen LogP) is 2.29. The fourth-order valence-electron chi connectivity index (χ4n) is 2.37. The van der Waals surface area contributed by atoms with Crippen LogP contribution in [0.3, 0.4) is 0 Å². The highest BCUT2D eigenvalue weighted by atomic mass is 79.9. The Balaban J connectivity index is 2.03. The van der Waals surface area contributed by atoms with E-state index in [2.05, 4.69) is 21.2 Å².